The van der Waals surface area contributed by atoms with Crippen LogP contribution in [0.5, 0.6) is 0 Å². The molecule has 3 heterocycles. The van der Waals surface area contributed by atoms with Crippen LogP contribution in [0.3, 0.4) is 0 Å². The highest BCUT2D eigenvalue weighted by atomic mass is 16.2. The number of carbonyl (C=O) groups is 2. The van der Waals surface area contributed by atoms with Gasteiger partial charge in [-0.1, -0.05) is 32.0 Å². The van der Waals surface area contributed by atoms with Crippen LogP contribution in [-0.2, 0) is 4.79 Å². The predicted molar refractivity (Wildman–Crippen MR) is 151 cm³/mol. The SMILES string of the molecule is CNC(=O)c1ccnc2c(C(C)C(C)CNc3cc(-c4cnc(NCC(=O)N(C)C)nc4)ncn3)cccc12. The molecule has 2 amide bonds. The van der Waals surface area contributed by atoms with Crippen molar-refractivity contribution in [3.8, 4) is 11.3 Å². The van der Waals surface area contributed by atoms with Crippen molar-refractivity contribution in [3.05, 3.63) is 66.4 Å². The minimum Gasteiger partial charge on any atom is -0.370 e. The molecule has 11 nitrogen and oxygen atoms in total. The first-order chi connectivity index (χ1) is 18.8. The van der Waals surface area contributed by atoms with E-state index in [9.17, 15) is 9.59 Å². The van der Waals surface area contributed by atoms with Crippen molar-refractivity contribution >= 4 is 34.5 Å². The van der Waals surface area contributed by atoms with Gasteiger partial charge in [0.15, 0.2) is 0 Å². The van der Waals surface area contributed by atoms with Gasteiger partial charge in [0.1, 0.15) is 12.1 Å². The lowest BCUT2D eigenvalue weighted by Gasteiger charge is -2.22. The largest absolute Gasteiger partial charge is 0.370 e. The van der Waals surface area contributed by atoms with Crippen molar-refractivity contribution in [1.29, 1.82) is 0 Å². The van der Waals surface area contributed by atoms with Crippen LogP contribution in [-0.4, -0.2) is 75.9 Å². The molecule has 1 aromatic carbocycles. The van der Waals surface area contributed by atoms with Gasteiger partial charge in [-0.25, -0.2) is 19.9 Å². The summed E-state index contributed by atoms with van der Waals surface area (Å²) in [6.45, 7) is 5.12. The average molecular weight is 528 g/mol. The minimum absolute atomic E-state index is 0.0666. The first kappa shape index (κ1) is 27.4. The Balaban J connectivity index is 1.42. The molecule has 0 aliphatic heterocycles. The van der Waals surface area contributed by atoms with Crippen LogP contribution in [0.25, 0.3) is 22.2 Å². The molecule has 3 aromatic heterocycles. The number of pyridine rings is 1. The van der Waals surface area contributed by atoms with E-state index in [0.29, 0.717) is 29.6 Å². The Kier molecular flexibility index (Phi) is 8.60. The predicted octanol–water partition coefficient (Wildman–Crippen LogP) is 3.19. The summed E-state index contributed by atoms with van der Waals surface area (Å²) in [5.41, 5.74) is 3.97. The molecule has 4 rings (SSSR count). The first-order valence-electron chi connectivity index (χ1n) is 12.7. The number of rotatable bonds is 10. The third kappa shape index (κ3) is 6.43. The molecule has 39 heavy (non-hydrogen) atoms. The Morgan fingerprint density at radius 3 is 2.46 bits per heavy atom. The first-order valence-corrected chi connectivity index (χ1v) is 12.7. The summed E-state index contributed by atoms with van der Waals surface area (Å²) in [5, 5.41) is 9.87. The highest BCUT2D eigenvalue weighted by molar-refractivity contribution is 6.06. The highest BCUT2D eigenvalue weighted by Gasteiger charge is 2.19. The van der Waals surface area contributed by atoms with E-state index in [1.807, 2.05) is 18.2 Å². The summed E-state index contributed by atoms with van der Waals surface area (Å²) in [6, 6.07) is 9.58. The Labute approximate surface area is 227 Å². The van der Waals surface area contributed by atoms with Crippen molar-refractivity contribution in [3.63, 3.8) is 0 Å². The molecule has 0 saturated carbocycles. The highest BCUT2D eigenvalue weighted by Crippen LogP contribution is 2.31. The molecule has 202 valence electrons. The van der Waals surface area contributed by atoms with E-state index >= 15 is 0 Å². The minimum atomic E-state index is -0.128. The van der Waals surface area contributed by atoms with E-state index in [2.05, 4.69) is 60.8 Å². The van der Waals surface area contributed by atoms with E-state index in [-0.39, 0.29) is 30.2 Å². The summed E-state index contributed by atoms with van der Waals surface area (Å²) < 4.78 is 0. The number of anilines is 2. The van der Waals surface area contributed by atoms with Crippen LogP contribution in [0.15, 0.2) is 55.2 Å². The molecular formula is C28H33N9O2. The van der Waals surface area contributed by atoms with Gasteiger partial charge in [-0.3, -0.25) is 14.6 Å². The fourth-order valence-electron chi connectivity index (χ4n) is 4.12. The van der Waals surface area contributed by atoms with Gasteiger partial charge < -0.3 is 20.9 Å². The van der Waals surface area contributed by atoms with Crippen LogP contribution < -0.4 is 16.0 Å². The van der Waals surface area contributed by atoms with Crippen LogP contribution >= 0.6 is 0 Å². The molecule has 2 atom stereocenters. The Hall–Kier alpha value is -4.67. The molecule has 0 saturated heterocycles. The van der Waals surface area contributed by atoms with Gasteiger partial charge in [0.05, 0.1) is 23.3 Å². The molecular weight excluding hydrogens is 494 g/mol. The number of hydrogen-bond acceptors (Lipinski definition) is 9. The van der Waals surface area contributed by atoms with Gasteiger partial charge in [0.2, 0.25) is 11.9 Å². The third-order valence-electron chi connectivity index (χ3n) is 6.73. The molecule has 2 unspecified atom stereocenters. The zero-order valence-corrected chi connectivity index (χ0v) is 22.8. The molecule has 3 N–H and O–H groups in total. The van der Waals surface area contributed by atoms with Crippen LogP contribution in [0.1, 0.15) is 35.7 Å². The normalized spacial score (nSPS) is 12.4. The van der Waals surface area contributed by atoms with Gasteiger partial charge in [-0.05, 0) is 23.5 Å². The van der Waals surface area contributed by atoms with Crippen LogP contribution in [0.2, 0.25) is 0 Å². The summed E-state index contributed by atoms with van der Waals surface area (Å²) in [7, 11) is 5.02. The van der Waals surface area contributed by atoms with Crippen molar-refractivity contribution in [2.45, 2.75) is 19.8 Å². The molecule has 0 spiro atoms. The average Bonchev–Trinajstić information content (AvgIpc) is 2.97. The number of amides is 2. The molecule has 0 bridgehead atoms. The van der Waals surface area contributed by atoms with Gasteiger partial charge >= 0.3 is 0 Å². The fraction of sp³-hybridized carbons (Fsp3) is 0.321. The lowest BCUT2D eigenvalue weighted by molar-refractivity contribution is -0.126. The quantitative estimate of drug-likeness (QED) is 0.284. The Morgan fingerprint density at radius 1 is 0.974 bits per heavy atom. The zero-order chi connectivity index (χ0) is 27.9. The number of benzene rings is 1. The van der Waals surface area contributed by atoms with Crippen molar-refractivity contribution in [1.82, 2.24) is 35.1 Å². The second-order valence-electron chi connectivity index (χ2n) is 9.55. The maximum atomic E-state index is 12.3. The van der Waals surface area contributed by atoms with Gasteiger partial charge in [0, 0.05) is 63.3 Å². The molecule has 0 aliphatic carbocycles. The number of likely N-dealkylation sites (N-methyl/N-ethyl adjacent to an activating group) is 1. The number of fused-ring (bicyclic) bond motifs is 1. The van der Waals surface area contributed by atoms with E-state index in [0.717, 1.165) is 22.0 Å². The van der Waals surface area contributed by atoms with Gasteiger partial charge in [0.25, 0.3) is 5.91 Å². The summed E-state index contributed by atoms with van der Waals surface area (Å²) in [6.07, 6.45) is 6.51. The number of nitrogens with one attached hydrogen (secondary N) is 3. The van der Waals surface area contributed by atoms with Crippen molar-refractivity contribution in [2.24, 2.45) is 5.92 Å². The molecule has 4 aromatic rings. The van der Waals surface area contributed by atoms with Gasteiger partial charge in [-0.15, -0.1) is 0 Å². The number of carbonyl (C=O) groups excluding carboxylic acids is 2. The van der Waals surface area contributed by atoms with Crippen LogP contribution in [0, 0.1) is 5.92 Å². The van der Waals surface area contributed by atoms with E-state index in [4.69, 9.17) is 0 Å². The standard InChI is InChI=1S/C28H33N9O2/c1-17(18(2)20-7-6-8-21-22(27(39)29-3)9-10-30-26(20)21)12-31-24-11-23(35-16-36-24)19-13-32-28(33-14-19)34-15-25(38)37(4)5/h6-11,13-14,16-18H,12,15H2,1-5H3,(H,29,39)(H,31,35,36)(H,32,33,34). The molecule has 0 fully saturated rings. The number of para-hydroxylation sites is 1. The lowest BCUT2D eigenvalue weighted by Crippen LogP contribution is -2.29. The maximum Gasteiger partial charge on any atom is 0.251 e. The fourth-order valence-corrected chi connectivity index (χ4v) is 4.12. The van der Waals surface area contributed by atoms with Crippen molar-refractivity contribution < 1.29 is 9.59 Å². The smallest absolute Gasteiger partial charge is 0.251 e. The molecule has 0 radical (unpaired) electrons. The second kappa shape index (κ2) is 12.2. The Morgan fingerprint density at radius 2 is 1.74 bits per heavy atom. The Bertz CT molecular complexity index is 1460. The lowest BCUT2D eigenvalue weighted by atomic mass is 9.87. The summed E-state index contributed by atoms with van der Waals surface area (Å²) in [4.78, 5) is 47.5. The topological polar surface area (TPSA) is 138 Å². The van der Waals surface area contributed by atoms with Gasteiger partial charge in [-0.2, -0.15) is 0 Å². The zero-order valence-electron chi connectivity index (χ0n) is 22.8. The van der Waals surface area contributed by atoms with E-state index < -0.39 is 0 Å². The third-order valence-corrected chi connectivity index (χ3v) is 6.73. The monoisotopic (exact) mass is 527 g/mol. The van der Waals surface area contributed by atoms with Crippen LogP contribution in [0.4, 0.5) is 11.8 Å². The summed E-state index contributed by atoms with van der Waals surface area (Å²) in [5.74, 6) is 1.27. The van der Waals surface area contributed by atoms with Crippen molar-refractivity contribution in [2.75, 3.05) is 44.9 Å². The van der Waals surface area contributed by atoms with E-state index in [1.165, 1.54) is 11.2 Å². The molecule has 11 heteroatoms. The molecule has 0 aliphatic rings. The second-order valence-corrected chi connectivity index (χ2v) is 9.55. The maximum absolute atomic E-state index is 12.3. The number of nitrogens with zero attached hydrogens (tertiary/aromatic N) is 6. The summed E-state index contributed by atoms with van der Waals surface area (Å²) >= 11 is 0. The number of hydrogen-bond donors (Lipinski definition) is 3. The number of aromatic nitrogens is 5. The van der Waals surface area contributed by atoms with E-state index in [1.54, 1.807) is 45.8 Å².